The highest BCUT2D eigenvalue weighted by molar-refractivity contribution is 5.94. The largest absolute Gasteiger partial charge is 0.497 e. The van der Waals surface area contributed by atoms with Crippen LogP contribution in [0.25, 0.3) is 0 Å². The van der Waals surface area contributed by atoms with Crippen molar-refractivity contribution in [1.82, 2.24) is 10.2 Å². The van der Waals surface area contributed by atoms with Gasteiger partial charge in [0.05, 0.1) is 12.8 Å². The highest BCUT2D eigenvalue weighted by Gasteiger charge is 2.23. The molecule has 2 aromatic rings. The summed E-state index contributed by atoms with van der Waals surface area (Å²) in [4.78, 5) is 26.2. The number of ether oxygens (including phenoxy) is 1. The summed E-state index contributed by atoms with van der Waals surface area (Å²) in [7, 11) is 1.56. The van der Waals surface area contributed by atoms with Gasteiger partial charge in [0.25, 0.3) is 5.91 Å². The fraction of sp³-hybridized carbons (Fsp3) is 0.364. The molecule has 3 amide bonds. The molecule has 2 aromatic carbocycles. The molecule has 6 nitrogen and oxygen atoms in total. The summed E-state index contributed by atoms with van der Waals surface area (Å²) >= 11 is 0. The minimum atomic E-state index is -0.801. The van der Waals surface area contributed by atoms with Gasteiger partial charge in [0.2, 0.25) is 0 Å². The number of nitrogens with one attached hydrogen (secondary N) is 2. The lowest BCUT2D eigenvalue weighted by Crippen LogP contribution is -2.41. The van der Waals surface area contributed by atoms with Gasteiger partial charge in [-0.2, -0.15) is 0 Å². The first-order chi connectivity index (χ1) is 14.5. The number of piperidine rings is 1. The molecule has 3 rings (SSSR count). The highest BCUT2D eigenvalue weighted by atomic mass is 19.1. The van der Waals surface area contributed by atoms with Gasteiger partial charge < -0.3 is 20.3 Å². The van der Waals surface area contributed by atoms with E-state index in [2.05, 4.69) is 10.6 Å². The third-order valence-corrected chi connectivity index (χ3v) is 5.24. The molecule has 0 aromatic heterocycles. The van der Waals surface area contributed by atoms with E-state index in [1.165, 1.54) is 6.07 Å². The number of anilines is 1. The summed E-state index contributed by atoms with van der Waals surface area (Å²) < 4.78 is 31.8. The van der Waals surface area contributed by atoms with E-state index >= 15 is 0 Å². The zero-order valence-corrected chi connectivity index (χ0v) is 16.8. The molecule has 0 atom stereocenters. The number of hydrogen-bond acceptors (Lipinski definition) is 3. The van der Waals surface area contributed by atoms with Gasteiger partial charge >= 0.3 is 6.03 Å². The second kappa shape index (κ2) is 10.0. The van der Waals surface area contributed by atoms with E-state index in [9.17, 15) is 18.4 Å². The van der Waals surface area contributed by atoms with Crippen molar-refractivity contribution in [3.05, 3.63) is 59.7 Å². The van der Waals surface area contributed by atoms with Crippen LogP contribution >= 0.6 is 0 Å². The Kier molecular flexibility index (Phi) is 7.21. The molecule has 0 aliphatic carbocycles. The molecule has 1 heterocycles. The third kappa shape index (κ3) is 5.68. The van der Waals surface area contributed by atoms with E-state index in [1.54, 1.807) is 36.3 Å². The predicted molar refractivity (Wildman–Crippen MR) is 110 cm³/mol. The molecular formula is C22H25F2N3O3. The zero-order valence-electron chi connectivity index (χ0n) is 16.8. The van der Waals surface area contributed by atoms with Crippen molar-refractivity contribution >= 4 is 17.6 Å². The molecule has 1 aliphatic heterocycles. The highest BCUT2D eigenvalue weighted by Crippen LogP contribution is 2.22. The first-order valence-electron chi connectivity index (χ1n) is 9.89. The SMILES string of the molecule is COc1cccc(C(=O)NCCC2CCN(C(=O)Nc3ccc(F)cc3F)CC2)c1. The van der Waals surface area contributed by atoms with Gasteiger partial charge in [0.1, 0.15) is 17.4 Å². The van der Waals surface area contributed by atoms with Gasteiger partial charge in [-0.05, 0) is 55.5 Å². The standard InChI is InChI=1S/C22H25F2N3O3/c1-30-18-4-2-3-16(13-18)21(28)25-10-7-15-8-11-27(12-9-15)22(29)26-20-6-5-17(23)14-19(20)24/h2-6,13-15H,7-12H2,1H3,(H,25,28)(H,26,29). The van der Waals surface area contributed by atoms with Gasteiger partial charge in [-0.15, -0.1) is 0 Å². The van der Waals surface area contributed by atoms with Gasteiger partial charge in [-0.3, -0.25) is 4.79 Å². The van der Waals surface area contributed by atoms with Crippen LogP contribution in [0.2, 0.25) is 0 Å². The molecular weight excluding hydrogens is 392 g/mol. The van der Waals surface area contributed by atoms with Crippen molar-refractivity contribution in [2.45, 2.75) is 19.3 Å². The summed E-state index contributed by atoms with van der Waals surface area (Å²) in [5, 5.41) is 5.40. The molecule has 8 heteroatoms. The fourth-order valence-electron chi connectivity index (χ4n) is 3.47. The number of urea groups is 1. The van der Waals surface area contributed by atoms with Crippen molar-refractivity contribution in [2.24, 2.45) is 5.92 Å². The number of carbonyl (C=O) groups is 2. The van der Waals surface area contributed by atoms with Crippen LogP contribution in [0.15, 0.2) is 42.5 Å². The quantitative estimate of drug-likeness (QED) is 0.745. The van der Waals surface area contributed by atoms with E-state index in [0.717, 1.165) is 31.4 Å². The monoisotopic (exact) mass is 417 g/mol. The molecule has 0 radical (unpaired) electrons. The van der Waals surface area contributed by atoms with E-state index in [1.807, 2.05) is 0 Å². The lowest BCUT2D eigenvalue weighted by atomic mass is 9.93. The van der Waals surface area contributed by atoms with E-state index in [0.29, 0.717) is 36.9 Å². The Morgan fingerprint density at radius 2 is 1.90 bits per heavy atom. The van der Waals surface area contributed by atoms with Gasteiger partial charge in [-0.25, -0.2) is 13.6 Å². The van der Waals surface area contributed by atoms with Crippen LogP contribution in [0.3, 0.4) is 0 Å². The number of carbonyl (C=O) groups excluding carboxylic acids is 2. The molecule has 0 unspecified atom stereocenters. The Morgan fingerprint density at radius 3 is 2.60 bits per heavy atom. The van der Waals surface area contributed by atoms with Crippen LogP contribution in [0.1, 0.15) is 29.6 Å². The smallest absolute Gasteiger partial charge is 0.321 e. The Balaban J connectivity index is 1.40. The lowest BCUT2D eigenvalue weighted by molar-refractivity contribution is 0.0949. The minimum absolute atomic E-state index is 0.0382. The van der Waals surface area contributed by atoms with Crippen LogP contribution in [0.5, 0.6) is 5.75 Å². The maximum absolute atomic E-state index is 13.7. The molecule has 0 saturated carbocycles. The number of hydrogen-bond donors (Lipinski definition) is 2. The van der Waals surface area contributed by atoms with E-state index < -0.39 is 17.7 Å². The van der Waals surface area contributed by atoms with Crippen LogP contribution < -0.4 is 15.4 Å². The Morgan fingerprint density at radius 1 is 1.13 bits per heavy atom. The number of halogens is 2. The summed E-state index contributed by atoms with van der Waals surface area (Å²) in [5.41, 5.74) is 0.512. The molecule has 1 aliphatic rings. The van der Waals surface area contributed by atoms with E-state index in [-0.39, 0.29) is 11.6 Å². The van der Waals surface area contributed by atoms with Gasteiger partial charge in [-0.1, -0.05) is 6.07 Å². The Hall–Kier alpha value is -3.16. The number of nitrogens with zero attached hydrogens (tertiary/aromatic N) is 1. The predicted octanol–water partition coefficient (Wildman–Crippen LogP) is 4.04. The second-order valence-electron chi connectivity index (χ2n) is 7.26. The van der Waals surface area contributed by atoms with Crippen LogP contribution in [0, 0.1) is 17.6 Å². The minimum Gasteiger partial charge on any atom is -0.497 e. The van der Waals surface area contributed by atoms with Crippen molar-refractivity contribution < 1.29 is 23.1 Å². The van der Waals surface area contributed by atoms with Crippen LogP contribution in [-0.2, 0) is 0 Å². The zero-order chi connectivity index (χ0) is 21.5. The summed E-state index contributed by atoms with van der Waals surface area (Å²) in [6.07, 6.45) is 2.42. The molecule has 0 bridgehead atoms. The van der Waals surface area contributed by atoms with Crippen molar-refractivity contribution in [3.8, 4) is 5.75 Å². The summed E-state index contributed by atoms with van der Waals surface area (Å²) in [5.74, 6) is -0.613. The van der Waals surface area contributed by atoms with Gasteiger partial charge in [0.15, 0.2) is 0 Å². The van der Waals surface area contributed by atoms with Crippen molar-refractivity contribution in [3.63, 3.8) is 0 Å². The fourth-order valence-corrected chi connectivity index (χ4v) is 3.47. The number of amides is 3. The molecule has 2 N–H and O–H groups in total. The maximum atomic E-state index is 13.7. The average molecular weight is 417 g/mol. The van der Waals surface area contributed by atoms with Crippen molar-refractivity contribution in [1.29, 1.82) is 0 Å². The number of likely N-dealkylation sites (tertiary alicyclic amines) is 1. The first kappa shape index (κ1) is 21.5. The Labute approximate surface area is 174 Å². The van der Waals surface area contributed by atoms with Crippen molar-refractivity contribution in [2.75, 3.05) is 32.1 Å². The number of rotatable bonds is 6. The third-order valence-electron chi connectivity index (χ3n) is 5.24. The normalized spacial score (nSPS) is 14.3. The second-order valence-corrected chi connectivity index (χ2v) is 7.26. The number of benzene rings is 2. The van der Waals surface area contributed by atoms with Crippen LogP contribution in [-0.4, -0.2) is 43.6 Å². The van der Waals surface area contributed by atoms with Gasteiger partial charge in [0, 0.05) is 31.3 Å². The Bertz CT molecular complexity index is 899. The number of methoxy groups -OCH3 is 1. The molecule has 30 heavy (non-hydrogen) atoms. The topological polar surface area (TPSA) is 70.7 Å². The molecule has 160 valence electrons. The lowest BCUT2D eigenvalue weighted by Gasteiger charge is -2.32. The van der Waals surface area contributed by atoms with E-state index in [4.69, 9.17) is 4.74 Å². The first-order valence-corrected chi connectivity index (χ1v) is 9.89. The summed E-state index contributed by atoms with van der Waals surface area (Å²) in [6.45, 7) is 1.64. The molecule has 1 saturated heterocycles. The van der Waals surface area contributed by atoms with Crippen LogP contribution in [0.4, 0.5) is 19.3 Å². The summed E-state index contributed by atoms with van der Waals surface area (Å²) in [6, 6.07) is 9.63. The molecule has 0 spiro atoms. The molecule has 1 fully saturated rings. The average Bonchev–Trinajstić information content (AvgIpc) is 2.76. The maximum Gasteiger partial charge on any atom is 0.321 e.